The van der Waals surface area contributed by atoms with Crippen molar-refractivity contribution >= 4 is 8.32 Å². The lowest BCUT2D eigenvalue weighted by Gasteiger charge is -2.42. The van der Waals surface area contributed by atoms with Crippen LogP contribution in [0.15, 0.2) is 47.6 Å². The van der Waals surface area contributed by atoms with Crippen molar-refractivity contribution in [1.82, 2.24) is 0 Å². The lowest BCUT2D eigenvalue weighted by molar-refractivity contribution is 0.0800. The zero-order valence-electron chi connectivity index (χ0n) is 21.2. The molecule has 1 saturated heterocycles. The van der Waals surface area contributed by atoms with E-state index in [4.69, 9.17) is 9.16 Å². The summed E-state index contributed by atoms with van der Waals surface area (Å²) in [6.07, 6.45) is 17.1. The first kappa shape index (κ1) is 24.7. The molecule has 1 saturated carbocycles. The summed E-state index contributed by atoms with van der Waals surface area (Å²) in [5.74, 6) is 2.26. The van der Waals surface area contributed by atoms with Gasteiger partial charge in [0, 0.05) is 0 Å². The molecular formula is C28H46O2Si. The normalized spacial score (nSPS) is 32.8. The van der Waals surface area contributed by atoms with Gasteiger partial charge in [0.1, 0.15) is 0 Å². The lowest BCUT2D eigenvalue weighted by Crippen LogP contribution is -2.38. The first-order valence-electron chi connectivity index (χ1n) is 12.4. The molecular weight excluding hydrogens is 396 g/mol. The van der Waals surface area contributed by atoms with Gasteiger partial charge < -0.3 is 9.16 Å². The second kappa shape index (κ2) is 9.53. The quantitative estimate of drug-likeness (QED) is 0.356. The number of allylic oxidation sites excluding steroid dienone is 5. The molecule has 174 valence electrons. The van der Waals surface area contributed by atoms with Crippen LogP contribution in [0.25, 0.3) is 0 Å². The van der Waals surface area contributed by atoms with Gasteiger partial charge in [-0.3, -0.25) is 0 Å². The maximum Gasteiger partial charge on any atom is 0.184 e. The molecule has 0 amide bonds. The Hall–Kier alpha value is -0.903. The average molecular weight is 443 g/mol. The van der Waals surface area contributed by atoms with Crippen LogP contribution < -0.4 is 0 Å². The molecule has 0 unspecified atom stereocenters. The first-order valence-corrected chi connectivity index (χ1v) is 15.9. The Kier molecular flexibility index (Phi) is 7.60. The zero-order valence-corrected chi connectivity index (χ0v) is 22.2. The van der Waals surface area contributed by atoms with Crippen LogP contribution in [0.2, 0.25) is 19.6 Å². The monoisotopic (exact) mass is 442 g/mol. The number of ether oxygens (including phenoxy) is 1. The predicted octanol–water partition coefficient (Wildman–Crippen LogP) is 7.85. The molecule has 1 heterocycles. The van der Waals surface area contributed by atoms with E-state index in [0.717, 1.165) is 17.4 Å². The highest BCUT2D eigenvalue weighted by molar-refractivity contribution is 6.69. The topological polar surface area (TPSA) is 18.5 Å². The summed E-state index contributed by atoms with van der Waals surface area (Å²) in [5.41, 5.74) is 4.32. The number of hydrogen-bond donors (Lipinski definition) is 0. The Morgan fingerprint density at radius 2 is 2.00 bits per heavy atom. The van der Waals surface area contributed by atoms with Crippen molar-refractivity contribution in [3.63, 3.8) is 0 Å². The SMILES string of the molecule is C=C1COC/C1=C/C=C1\C=CC[C@]2(C)[C@@H]([C@H](C)CCCC(C)(C)O[Si](C)(C)C)CC[C@@H]12. The maximum atomic E-state index is 6.43. The Labute approximate surface area is 193 Å². The van der Waals surface area contributed by atoms with Crippen LogP contribution in [0.4, 0.5) is 0 Å². The average Bonchev–Trinajstić information content (AvgIpc) is 3.20. The van der Waals surface area contributed by atoms with Gasteiger partial charge in [-0.25, -0.2) is 0 Å². The van der Waals surface area contributed by atoms with Crippen molar-refractivity contribution in [2.24, 2.45) is 23.2 Å². The summed E-state index contributed by atoms with van der Waals surface area (Å²) in [6, 6.07) is 0. The molecule has 0 spiro atoms. The van der Waals surface area contributed by atoms with E-state index in [9.17, 15) is 0 Å². The van der Waals surface area contributed by atoms with E-state index in [2.05, 4.69) is 78.2 Å². The summed E-state index contributed by atoms with van der Waals surface area (Å²) in [4.78, 5) is 0. The highest BCUT2D eigenvalue weighted by atomic mass is 28.4. The molecule has 0 aromatic heterocycles. The van der Waals surface area contributed by atoms with Crippen molar-refractivity contribution < 1.29 is 9.16 Å². The second-order valence-corrected chi connectivity index (χ2v) is 16.6. The Bertz CT molecular complexity index is 751. The maximum absolute atomic E-state index is 6.43. The molecule has 3 rings (SSSR count). The molecule has 1 aliphatic heterocycles. The fraction of sp³-hybridized carbons (Fsp3) is 0.714. The molecule has 3 heteroatoms. The minimum absolute atomic E-state index is 0.0112. The van der Waals surface area contributed by atoms with Crippen molar-refractivity contribution in [2.45, 2.75) is 91.5 Å². The van der Waals surface area contributed by atoms with E-state index in [-0.39, 0.29) is 5.60 Å². The van der Waals surface area contributed by atoms with E-state index in [1.807, 2.05) is 0 Å². The highest BCUT2D eigenvalue weighted by Crippen LogP contribution is 2.58. The van der Waals surface area contributed by atoms with E-state index >= 15 is 0 Å². The molecule has 2 aliphatic carbocycles. The van der Waals surface area contributed by atoms with Gasteiger partial charge >= 0.3 is 0 Å². The second-order valence-electron chi connectivity index (χ2n) is 12.1. The minimum atomic E-state index is -1.49. The highest BCUT2D eigenvalue weighted by Gasteiger charge is 2.49. The predicted molar refractivity (Wildman–Crippen MR) is 136 cm³/mol. The Morgan fingerprint density at radius 3 is 2.65 bits per heavy atom. The molecule has 0 aromatic rings. The molecule has 0 radical (unpaired) electrons. The van der Waals surface area contributed by atoms with Crippen molar-refractivity contribution in [3.8, 4) is 0 Å². The molecule has 0 aromatic carbocycles. The fourth-order valence-electron chi connectivity index (χ4n) is 6.55. The van der Waals surface area contributed by atoms with E-state index in [1.165, 1.54) is 49.7 Å². The molecule has 2 fully saturated rings. The van der Waals surface area contributed by atoms with Crippen LogP contribution in [0.1, 0.15) is 66.2 Å². The van der Waals surface area contributed by atoms with Crippen LogP contribution in [0, 0.1) is 23.2 Å². The van der Waals surface area contributed by atoms with Gasteiger partial charge in [-0.15, -0.1) is 0 Å². The van der Waals surface area contributed by atoms with Crippen molar-refractivity contribution in [1.29, 1.82) is 0 Å². The lowest BCUT2D eigenvalue weighted by atomic mass is 9.62. The molecule has 0 N–H and O–H groups in total. The Balaban J connectivity index is 1.61. The van der Waals surface area contributed by atoms with Crippen molar-refractivity contribution in [2.75, 3.05) is 13.2 Å². The minimum Gasteiger partial charge on any atom is -0.413 e. The van der Waals surface area contributed by atoms with Crippen LogP contribution in [0.3, 0.4) is 0 Å². The van der Waals surface area contributed by atoms with Gasteiger partial charge in [0.05, 0.1) is 18.8 Å². The summed E-state index contributed by atoms with van der Waals surface area (Å²) in [5, 5.41) is 0. The third-order valence-corrected chi connectivity index (χ3v) is 9.02. The van der Waals surface area contributed by atoms with Gasteiger partial charge in [-0.05, 0) is 99.1 Å². The fourth-order valence-corrected chi connectivity index (χ4v) is 8.31. The molecule has 2 nitrogen and oxygen atoms in total. The molecule has 0 bridgehead atoms. The van der Waals surface area contributed by atoms with Crippen molar-refractivity contribution in [3.05, 3.63) is 47.6 Å². The summed E-state index contributed by atoms with van der Waals surface area (Å²) in [6.45, 7) is 22.1. The van der Waals surface area contributed by atoms with Crippen LogP contribution in [-0.4, -0.2) is 27.1 Å². The number of rotatable bonds is 8. The third-order valence-electron chi connectivity index (χ3n) is 7.85. The van der Waals surface area contributed by atoms with Gasteiger partial charge in [0.15, 0.2) is 8.32 Å². The van der Waals surface area contributed by atoms with Gasteiger partial charge in [-0.2, -0.15) is 0 Å². The van der Waals surface area contributed by atoms with Gasteiger partial charge in [0.25, 0.3) is 0 Å². The largest absolute Gasteiger partial charge is 0.413 e. The molecule has 3 aliphatic rings. The van der Waals surface area contributed by atoms with E-state index in [0.29, 0.717) is 24.5 Å². The van der Waals surface area contributed by atoms with Crippen LogP contribution in [-0.2, 0) is 9.16 Å². The summed E-state index contributed by atoms with van der Waals surface area (Å²) >= 11 is 0. The summed E-state index contributed by atoms with van der Waals surface area (Å²) in [7, 11) is -1.49. The van der Waals surface area contributed by atoms with Gasteiger partial charge in [-0.1, -0.05) is 57.6 Å². The van der Waals surface area contributed by atoms with Crippen LogP contribution >= 0.6 is 0 Å². The first-order chi connectivity index (χ1) is 14.4. The molecule has 31 heavy (non-hydrogen) atoms. The standard InChI is InChI=1S/C28H46O2Si/c1-21(11-9-17-27(3,4)30-31(6,7)8)25-15-16-26-23(12-10-18-28(25,26)5)13-14-24-20-29-19-22(24)2/h10,12-14,21,25-26H,2,9,11,15-20H2,1,3-8H3/b23-13+,24-14-/t21-,25-,26+,28-/m1/s1. The summed E-state index contributed by atoms with van der Waals surface area (Å²) < 4.78 is 12.0. The number of fused-ring (bicyclic) bond motifs is 1. The molecule has 4 atom stereocenters. The van der Waals surface area contributed by atoms with E-state index < -0.39 is 8.32 Å². The van der Waals surface area contributed by atoms with E-state index in [1.54, 1.807) is 0 Å². The van der Waals surface area contributed by atoms with Gasteiger partial charge in [0.2, 0.25) is 0 Å². The van der Waals surface area contributed by atoms with Crippen LogP contribution in [0.5, 0.6) is 0 Å². The zero-order chi connectivity index (χ0) is 22.9. The smallest absolute Gasteiger partial charge is 0.184 e. The Morgan fingerprint density at radius 1 is 1.26 bits per heavy atom. The number of hydrogen-bond acceptors (Lipinski definition) is 2. The third kappa shape index (κ3) is 6.12.